The van der Waals surface area contributed by atoms with Gasteiger partial charge in [0.2, 0.25) is 5.91 Å². The first-order valence-electron chi connectivity index (χ1n) is 10.5. The number of halogens is 3. The van der Waals surface area contributed by atoms with Gasteiger partial charge in [-0.3, -0.25) is 4.79 Å². The van der Waals surface area contributed by atoms with Crippen LogP contribution in [-0.2, 0) is 11.0 Å². The Hall–Kier alpha value is -1.79. The Labute approximate surface area is 164 Å². The highest BCUT2D eigenvalue weighted by atomic mass is 19.4. The summed E-state index contributed by atoms with van der Waals surface area (Å²) < 4.78 is 38.1. The molecule has 4 nitrogen and oxygen atoms in total. The van der Waals surface area contributed by atoms with E-state index in [1.807, 2.05) is 4.90 Å². The van der Waals surface area contributed by atoms with E-state index in [0.29, 0.717) is 24.8 Å². The van der Waals surface area contributed by atoms with Crippen LogP contribution in [0.1, 0.15) is 50.5 Å². The summed E-state index contributed by atoms with van der Waals surface area (Å²) in [4.78, 5) is 21.0. The van der Waals surface area contributed by atoms with Gasteiger partial charge in [-0.25, -0.2) is 4.98 Å². The molecule has 1 saturated carbocycles. The predicted molar refractivity (Wildman–Crippen MR) is 101 cm³/mol. The van der Waals surface area contributed by atoms with E-state index in [2.05, 4.69) is 9.88 Å². The molecule has 0 spiro atoms. The van der Waals surface area contributed by atoms with Crippen molar-refractivity contribution in [3.63, 3.8) is 0 Å². The second-order valence-corrected chi connectivity index (χ2v) is 8.54. The van der Waals surface area contributed by atoms with Crippen LogP contribution in [0.15, 0.2) is 18.3 Å². The Balaban J connectivity index is 1.31. The standard InChI is InChI=1S/C21H28F3N3O/c22-21(23,24)18-5-6-19(25-13-18)26-10-8-16(9-11-26)20(28)27-12-7-15-3-1-2-4-17(15)14-27/h5-6,13,15-17H,1-4,7-12,14H2/t15-,17+/m1/s1. The molecule has 4 rings (SSSR count). The fraction of sp³-hybridized carbons (Fsp3) is 0.714. The van der Waals surface area contributed by atoms with E-state index in [-0.39, 0.29) is 11.8 Å². The van der Waals surface area contributed by atoms with Crippen LogP contribution < -0.4 is 4.90 Å². The highest BCUT2D eigenvalue weighted by Crippen LogP contribution is 2.37. The lowest BCUT2D eigenvalue weighted by atomic mass is 9.75. The lowest BCUT2D eigenvalue weighted by Crippen LogP contribution is -2.49. The van der Waals surface area contributed by atoms with Crippen LogP contribution >= 0.6 is 0 Å². The fourth-order valence-electron chi connectivity index (χ4n) is 5.16. The first kappa shape index (κ1) is 19.5. The molecule has 0 bridgehead atoms. The minimum Gasteiger partial charge on any atom is -0.357 e. The molecule has 3 fully saturated rings. The number of anilines is 1. The molecular formula is C21H28F3N3O. The fourth-order valence-corrected chi connectivity index (χ4v) is 5.16. The molecule has 3 heterocycles. The van der Waals surface area contributed by atoms with Gasteiger partial charge in [0.05, 0.1) is 5.56 Å². The molecule has 0 aromatic carbocycles. The summed E-state index contributed by atoms with van der Waals surface area (Å²) in [5.74, 6) is 2.37. The number of nitrogens with zero attached hydrogens (tertiary/aromatic N) is 3. The molecule has 1 amide bonds. The Kier molecular flexibility index (Phi) is 5.52. The van der Waals surface area contributed by atoms with Gasteiger partial charge < -0.3 is 9.80 Å². The second-order valence-electron chi connectivity index (χ2n) is 8.54. The lowest BCUT2D eigenvalue weighted by molar-refractivity contribution is -0.139. The van der Waals surface area contributed by atoms with Gasteiger partial charge in [0, 0.05) is 38.3 Å². The van der Waals surface area contributed by atoms with Gasteiger partial charge in [0.25, 0.3) is 0 Å². The Morgan fingerprint density at radius 3 is 2.32 bits per heavy atom. The van der Waals surface area contributed by atoms with Gasteiger partial charge in [-0.05, 0) is 49.7 Å². The summed E-state index contributed by atoms with van der Waals surface area (Å²) >= 11 is 0. The van der Waals surface area contributed by atoms with Crippen LogP contribution in [-0.4, -0.2) is 42.0 Å². The number of piperidine rings is 2. The number of hydrogen-bond donors (Lipinski definition) is 0. The molecule has 1 aliphatic carbocycles. The normalized spacial score (nSPS) is 26.8. The minimum atomic E-state index is -4.36. The van der Waals surface area contributed by atoms with Gasteiger partial charge in [0.1, 0.15) is 5.82 Å². The van der Waals surface area contributed by atoms with E-state index in [9.17, 15) is 18.0 Å². The molecule has 1 aromatic heterocycles. The van der Waals surface area contributed by atoms with Crippen molar-refractivity contribution in [2.45, 2.75) is 51.1 Å². The molecule has 2 atom stereocenters. The maximum absolute atomic E-state index is 13.0. The second kappa shape index (κ2) is 7.91. The van der Waals surface area contributed by atoms with Crippen molar-refractivity contribution in [3.05, 3.63) is 23.9 Å². The number of hydrogen-bond acceptors (Lipinski definition) is 3. The van der Waals surface area contributed by atoms with Crippen LogP contribution in [0, 0.1) is 17.8 Å². The first-order chi connectivity index (χ1) is 13.4. The van der Waals surface area contributed by atoms with Crippen molar-refractivity contribution < 1.29 is 18.0 Å². The lowest BCUT2D eigenvalue weighted by Gasteiger charge is -2.43. The highest BCUT2D eigenvalue weighted by Gasteiger charge is 2.36. The van der Waals surface area contributed by atoms with Crippen LogP contribution in [0.2, 0.25) is 0 Å². The zero-order chi connectivity index (χ0) is 19.7. The molecule has 2 saturated heterocycles. The van der Waals surface area contributed by atoms with Crippen molar-refractivity contribution >= 4 is 11.7 Å². The number of carbonyl (C=O) groups is 1. The monoisotopic (exact) mass is 395 g/mol. The van der Waals surface area contributed by atoms with Gasteiger partial charge in [0.15, 0.2) is 0 Å². The van der Waals surface area contributed by atoms with Crippen LogP contribution in [0.5, 0.6) is 0 Å². The average molecular weight is 395 g/mol. The van der Waals surface area contributed by atoms with Crippen molar-refractivity contribution in [1.29, 1.82) is 0 Å². The van der Waals surface area contributed by atoms with Crippen molar-refractivity contribution in [2.24, 2.45) is 17.8 Å². The summed E-state index contributed by atoms with van der Waals surface area (Å²) in [6.07, 6.45) is 4.37. The molecule has 7 heteroatoms. The van der Waals surface area contributed by atoms with E-state index in [4.69, 9.17) is 0 Å². The molecular weight excluding hydrogens is 367 g/mol. The van der Waals surface area contributed by atoms with Gasteiger partial charge in [-0.15, -0.1) is 0 Å². The van der Waals surface area contributed by atoms with E-state index in [0.717, 1.165) is 50.5 Å². The van der Waals surface area contributed by atoms with Gasteiger partial charge in [-0.2, -0.15) is 13.2 Å². The molecule has 0 radical (unpaired) electrons. The highest BCUT2D eigenvalue weighted by molar-refractivity contribution is 5.79. The average Bonchev–Trinajstić information content (AvgIpc) is 2.72. The summed E-state index contributed by atoms with van der Waals surface area (Å²) in [6.45, 7) is 3.13. The van der Waals surface area contributed by atoms with Gasteiger partial charge in [-0.1, -0.05) is 19.3 Å². The topological polar surface area (TPSA) is 36.4 Å². The number of carbonyl (C=O) groups excluding carboxylic acids is 1. The Morgan fingerprint density at radius 2 is 1.68 bits per heavy atom. The number of pyridine rings is 1. The number of rotatable bonds is 2. The smallest absolute Gasteiger partial charge is 0.357 e. The number of fused-ring (bicyclic) bond motifs is 1. The molecule has 2 aliphatic heterocycles. The van der Waals surface area contributed by atoms with Crippen LogP contribution in [0.25, 0.3) is 0 Å². The summed E-state index contributed by atoms with van der Waals surface area (Å²) in [5.41, 5.74) is -0.729. The number of likely N-dealkylation sites (tertiary alicyclic amines) is 1. The van der Waals surface area contributed by atoms with E-state index < -0.39 is 11.7 Å². The predicted octanol–water partition coefficient (Wildman–Crippen LogP) is 4.36. The minimum absolute atomic E-state index is 0.0332. The van der Waals surface area contributed by atoms with Crippen LogP contribution in [0.3, 0.4) is 0 Å². The zero-order valence-corrected chi connectivity index (χ0v) is 16.1. The van der Waals surface area contributed by atoms with E-state index in [1.165, 1.54) is 31.7 Å². The Bertz CT molecular complexity index is 683. The zero-order valence-electron chi connectivity index (χ0n) is 16.1. The summed E-state index contributed by atoms with van der Waals surface area (Å²) in [7, 11) is 0. The Morgan fingerprint density at radius 1 is 0.964 bits per heavy atom. The van der Waals surface area contributed by atoms with Crippen LogP contribution in [0.4, 0.5) is 19.0 Å². The van der Waals surface area contributed by atoms with Crippen molar-refractivity contribution in [3.8, 4) is 0 Å². The third-order valence-corrected chi connectivity index (χ3v) is 6.85. The van der Waals surface area contributed by atoms with E-state index in [1.54, 1.807) is 0 Å². The first-order valence-corrected chi connectivity index (χ1v) is 10.5. The van der Waals surface area contributed by atoms with Gasteiger partial charge >= 0.3 is 6.18 Å². The van der Waals surface area contributed by atoms with Crippen molar-refractivity contribution in [2.75, 3.05) is 31.1 Å². The summed E-state index contributed by atoms with van der Waals surface area (Å²) in [6, 6.07) is 2.51. The SMILES string of the molecule is O=C(C1CCN(c2ccc(C(F)(F)F)cn2)CC1)N1CC[C@H]2CCCC[C@H]2C1. The third-order valence-electron chi connectivity index (χ3n) is 6.85. The largest absolute Gasteiger partial charge is 0.417 e. The number of alkyl halides is 3. The maximum Gasteiger partial charge on any atom is 0.417 e. The van der Waals surface area contributed by atoms with E-state index >= 15 is 0 Å². The molecule has 154 valence electrons. The number of amides is 1. The summed E-state index contributed by atoms with van der Waals surface area (Å²) in [5, 5.41) is 0. The third kappa shape index (κ3) is 4.13. The molecule has 0 N–H and O–H groups in total. The molecule has 1 aromatic rings. The molecule has 28 heavy (non-hydrogen) atoms. The molecule has 0 unspecified atom stereocenters. The number of aromatic nitrogens is 1. The molecule has 3 aliphatic rings. The quantitative estimate of drug-likeness (QED) is 0.747. The maximum atomic E-state index is 13.0. The van der Waals surface area contributed by atoms with Crippen molar-refractivity contribution in [1.82, 2.24) is 9.88 Å².